The molecule has 1 aliphatic rings. The molecule has 0 aromatic heterocycles. The molecule has 0 heterocycles. The topological polar surface area (TPSA) is 59.3 Å². The van der Waals surface area contributed by atoms with E-state index in [9.17, 15) is 0 Å². The van der Waals surface area contributed by atoms with Crippen LogP contribution in [0.1, 0.15) is 45.4 Å². The second kappa shape index (κ2) is 8.31. The fraction of sp³-hybridized carbons (Fsp3) is 0.750. The number of hydrazine groups is 1. The van der Waals surface area contributed by atoms with Crippen molar-refractivity contribution in [3.8, 4) is 0 Å². The Balaban J connectivity index is 2.23. The first-order valence-corrected chi connectivity index (χ1v) is 6.75. The zero-order chi connectivity index (χ0) is 12.5. The maximum Gasteiger partial charge on any atom is 0.182 e. The standard InChI is InChI=1S/C12H23N3OS/c1-2-3-8-16-9-7-10-5-4-6-11(10)14-15-12(13)17/h14H,2-9H2,1H3,(H3,13,15,17). The molecule has 98 valence electrons. The Morgan fingerprint density at radius 1 is 1.41 bits per heavy atom. The molecule has 17 heavy (non-hydrogen) atoms. The number of unbranched alkanes of at least 4 members (excludes halogenated alkanes) is 1. The molecule has 5 heteroatoms. The number of rotatable bonds is 8. The Bertz CT molecular complexity index is 279. The zero-order valence-corrected chi connectivity index (χ0v) is 11.4. The highest BCUT2D eigenvalue weighted by Gasteiger charge is 2.13. The van der Waals surface area contributed by atoms with Gasteiger partial charge in [-0.3, -0.25) is 5.43 Å². The maximum atomic E-state index is 5.58. The summed E-state index contributed by atoms with van der Waals surface area (Å²) in [4.78, 5) is 0. The quantitative estimate of drug-likeness (QED) is 0.352. The van der Waals surface area contributed by atoms with Gasteiger partial charge in [0.2, 0.25) is 0 Å². The van der Waals surface area contributed by atoms with Crippen molar-refractivity contribution < 1.29 is 4.74 Å². The first-order chi connectivity index (χ1) is 8.24. The van der Waals surface area contributed by atoms with Gasteiger partial charge in [-0.2, -0.15) is 0 Å². The van der Waals surface area contributed by atoms with Crippen molar-refractivity contribution in [2.75, 3.05) is 13.2 Å². The van der Waals surface area contributed by atoms with Gasteiger partial charge in [0.1, 0.15) is 0 Å². The van der Waals surface area contributed by atoms with E-state index < -0.39 is 0 Å². The van der Waals surface area contributed by atoms with Crippen molar-refractivity contribution >= 4 is 17.3 Å². The molecule has 0 saturated carbocycles. The summed E-state index contributed by atoms with van der Waals surface area (Å²) in [5, 5.41) is 0.281. The van der Waals surface area contributed by atoms with Gasteiger partial charge in [-0.15, -0.1) is 0 Å². The molecule has 0 aromatic rings. The lowest BCUT2D eigenvalue weighted by Crippen LogP contribution is -2.40. The van der Waals surface area contributed by atoms with Gasteiger partial charge >= 0.3 is 0 Å². The average Bonchev–Trinajstić information content (AvgIpc) is 2.73. The highest BCUT2D eigenvalue weighted by Crippen LogP contribution is 2.26. The molecule has 1 rings (SSSR count). The molecule has 0 bridgehead atoms. The van der Waals surface area contributed by atoms with Crippen molar-refractivity contribution in [2.45, 2.75) is 45.4 Å². The van der Waals surface area contributed by atoms with Crippen LogP contribution in [0.25, 0.3) is 0 Å². The summed E-state index contributed by atoms with van der Waals surface area (Å²) in [5.74, 6) is 0. The molecule has 0 unspecified atom stereocenters. The van der Waals surface area contributed by atoms with Crippen LogP contribution in [-0.2, 0) is 4.74 Å². The lowest BCUT2D eigenvalue weighted by molar-refractivity contribution is 0.133. The molecule has 0 saturated heterocycles. The summed E-state index contributed by atoms with van der Waals surface area (Å²) in [7, 11) is 0. The summed E-state index contributed by atoms with van der Waals surface area (Å²) in [6.45, 7) is 3.86. The van der Waals surface area contributed by atoms with Crippen LogP contribution < -0.4 is 16.6 Å². The van der Waals surface area contributed by atoms with Crippen molar-refractivity contribution in [1.29, 1.82) is 0 Å². The van der Waals surface area contributed by atoms with Crippen molar-refractivity contribution in [1.82, 2.24) is 10.9 Å². The number of nitrogens with two attached hydrogens (primary N) is 1. The van der Waals surface area contributed by atoms with Crippen LogP contribution >= 0.6 is 12.2 Å². The largest absolute Gasteiger partial charge is 0.381 e. The molecule has 1 aliphatic carbocycles. The van der Waals surface area contributed by atoms with Gasteiger partial charge in [-0.1, -0.05) is 13.3 Å². The van der Waals surface area contributed by atoms with Crippen LogP contribution in [0, 0.1) is 0 Å². The molecule has 0 fully saturated rings. The second-order valence-electron chi connectivity index (χ2n) is 4.27. The van der Waals surface area contributed by atoms with Gasteiger partial charge in [0.15, 0.2) is 5.11 Å². The number of hydrogen-bond acceptors (Lipinski definition) is 3. The van der Waals surface area contributed by atoms with Crippen LogP contribution in [0.3, 0.4) is 0 Å². The highest BCUT2D eigenvalue weighted by molar-refractivity contribution is 7.80. The normalized spacial score (nSPS) is 15.1. The minimum atomic E-state index is 0.281. The first-order valence-electron chi connectivity index (χ1n) is 6.34. The third-order valence-corrected chi connectivity index (χ3v) is 2.96. The Kier molecular flexibility index (Phi) is 6.96. The SMILES string of the molecule is CCCCOCCC1=C(NNC(N)=S)CCC1. The highest BCUT2D eigenvalue weighted by atomic mass is 32.1. The average molecular weight is 257 g/mol. The molecule has 0 aromatic carbocycles. The fourth-order valence-corrected chi connectivity index (χ4v) is 1.96. The van der Waals surface area contributed by atoms with Gasteiger partial charge in [0.05, 0.1) is 6.61 Å². The van der Waals surface area contributed by atoms with E-state index in [-0.39, 0.29) is 5.11 Å². The smallest absolute Gasteiger partial charge is 0.182 e. The number of allylic oxidation sites excluding steroid dienone is 1. The van der Waals surface area contributed by atoms with E-state index in [4.69, 9.17) is 22.7 Å². The number of thiocarbonyl (C=S) groups is 1. The van der Waals surface area contributed by atoms with E-state index in [1.807, 2.05) is 0 Å². The molecule has 0 radical (unpaired) electrons. The third kappa shape index (κ3) is 5.89. The van der Waals surface area contributed by atoms with E-state index in [0.717, 1.165) is 38.9 Å². The summed E-state index contributed by atoms with van der Waals surface area (Å²) >= 11 is 4.76. The molecule has 4 nitrogen and oxygen atoms in total. The lowest BCUT2D eigenvalue weighted by atomic mass is 10.1. The van der Waals surface area contributed by atoms with E-state index in [1.165, 1.54) is 24.1 Å². The fourth-order valence-electron chi connectivity index (χ4n) is 1.91. The number of hydrogen-bond donors (Lipinski definition) is 3. The summed E-state index contributed by atoms with van der Waals surface area (Å²) < 4.78 is 5.58. The van der Waals surface area contributed by atoms with Crippen LogP contribution in [0.15, 0.2) is 11.3 Å². The Hall–Kier alpha value is -0.810. The maximum absolute atomic E-state index is 5.58. The lowest BCUT2D eigenvalue weighted by Gasteiger charge is -2.11. The van der Waals surface area contributed by atoms with Crippen molar-refractivity contribution in [3.63, 3.8) is 0 Å². The number of nitrogens with one attached hydrogen (secondary N) is 2. The minimum absolute atomic E-state index is 0.281. The molecule has 0 amide bonds. The van der Waals surface area contributed by atoms with E-state index >= 15 is 0 Å². The molecule has 0 atom stereocenters. The molecule has 0 aliphatic heterocycles. The van der Waals surface area contributed by atoms with Gasteiger partial charge in [-0.25, -0.2) is 0 Å². The van der Waals surface area contributed by atoms with Crippen LogP contribution in [-0.4, -0.2) is 18.3 Å². The summed E-state index contributed by atoms with van der Waals surface area (Å²) in [6.07, 6.45) is 6.76. The first kappa shape index (κ1) is 14.3. The monoisotopic (exact) mass is 257 g/mol. The Morgan fingerprint density at radius 3 is 2.94 bits per heavy atom. The Morgan fingerprint density at radius 2 is 2.24 bits per heavy atom. The van der Waals surface area contributed by atoms with Gasteiger partial charge in [-0.05, 0) is 49.9 Å². The van der Waals surface area contributed by atoms with Crippen molar-refractivity contribution in [3.05, 3.63) is 11.3 Å². The van der Waals surface area contributed by atoms with Crippen LogP contribution in [0.4, 0.5) is 0 Å². The van der Waals surface area contributed by atoms with E-state index in [2.05, 4.69) is 17.8 Å². The minimum Gasteiger partial charge on any atom is -0.381 e. The third-order valence-electron chi connectivity index (χ3n) is 2.86. The summed E-state index contributed by atoms with van der Waals surface area (Å²) in [5.41, 5.74) is 13.9. The van der Waals surface area contributed by atoms with E-state index in [1.54, 1.807) is 0 Å². The van der Waals surface area contributed by atoms with Crippen molar-refractivity contribution in [2.24, 2.45) is 5.73 Å². The zero-order valence-electron chi connectivity index (χ0n) is 10.6. The molecule has 4 N–H and O–H groups in total. The predicted molar refractivity (Wildman–Crippen MR) is 74.3 cm³/mol. The van der Waals surface area contributed by atoms with Crippen LogP contribution in [0.2, 0.25) is 0 Å². The number of ether oxygens (including phenoxy) is 1. The van der Waals surface area contributed by atoms with E-state index in [0.29, 0.717) is 0 Å². The molecular formula is C12H23N3OS. The Labute approximate surface area is 109 Å². The van der Waals surface area contributed by atoms with Gasteiger partial charge < -0.3 is 15.9 Å². The van der Waals surface area contributed by atoms with Crippen LogP contribution in [0.5, 0.6) is 0 Å². The summed E-state index contributed by atoms with van der Waals surface area (Å²) in [6, 6.07) is 0. The molecular weight excluding hydrogens is 234 g/mol. The predicted octanol–water partition coefficient (Wildman–Crippen LogP) is 1.97. The van der Waals surface area contributed by atoms with Gasteiger partial charge in [0.25, 0.3) is 0 Å². The molecule has 0 spiro atoms. The van der Waals surface area contributed by atoms with Gasteiger partial charge in [0, 0.05) is 12.3 Å². The second-order valence-corrected chi connectivity index (χ2v) is 4.71.